The summed E-state index contributed by atoms with van der Waals surface area (Å²) in [6, 6.07) is 10.0. The predicted octanol–water partition coefficient (Wildman–Crippen LogP) is 1.45. The van der Waals surface area contributed by atoms with Crippen LogP contribution in [0.2, 0.25) is 0 Å². The van der Waals surface area contributed by atoms with Crippen LogP contribution in [0.4, 0.5) is 0 Å². The third-order valence-corrected chi connectivity index (χ3v) is 3.32. The van der Waals surface area contributed by atoms with Crippen molar-refractivity contribution in [2.75, 3.05) is 0 Å². The highest BCUT2D eigenvalue weighted by Gasteiger charge is 2.14. The number of rotatable bonds is 1. The van der Waals surface area contributed by atoms with E-state index in [1.165, 1.54) is 5.56 Å². The van der Waals surface area contributed by atoms with Gasteiger partial charge in [-0.05, 0) is 24.3 Å². The van der Waals surface area contributed by atoms with E-state index in [9.17, 15) is 0 Å². The highest BCUT2D eigenvalue weighted by Crippen LogP contribution is 2.20. The molecule has 98 valence electrons. The molecule has 3 aromatic heterocycles. The van der Waals surface area contributed by atoms with E-state index in [4.69, 9.17) is 0 Å². The molecular weight excluding hydrogens is 254 g/mol. The van der Waals surface area contributed by atoms with Crippen molar-refractivity contribution in [3.8, 4) is 11.4 Å². The molecule has 0 aliphatic carbocycles. The first kappa shape index (κ1) is 11.0. The van der Waals surface area contributed by atoms with Crippen LogP contribution >= 0.6 is 0 Å². The van der Waals surface area contributed by atoms with Gasteiger partial charge in [0, 0.05) is 17.3 Å². The number of aromatic nitrogens is 7. The van der Waals surface area contributed by atoms with Gasteiger partial charge in [-0.2, -0.15) is 4.52 Å². The summed E-state index contributed by atoms with van der Waals surface area (Å²) in [5.41, 5.74) is 3.84. The van der Waals surface area contributed by atoms with Crippen LogP contribution in [0.15, 0.2) is 30.3 Å². The minimum Gasteiger partial charge on any atom is -0.241 e. The lowest BCUT2D eigenvalue weighted by atomic mass is 10.1. The fraction of sp³-hybridized carbons (Fsp3) is 0.154. The maximum absolute atomic E-state index is 4.27. The zero-order valence-electron chi connectivity index (χ0n) is 11.0. The molecule has 4 rings (SSSR count). The van der Waals surface area contributed by atoms with Crippen LogP contribution in [-0.2, 0) is 0 Å². The average Bonchev–Trinajstić information content (AvgIpc) is 3.05. The summed E-state index contributed by atoms with van der Waals surface area (Å²) in [6.07, 6.45) is 0. The lowest BCUT2D eigenvalue weighted by Gasteiger charge is -2.03. The van der Waals surface area contributed by atoms with Crippen molar-refractivity contribution >= 4 is 11.4 Å². The van der Waals surface area contributed by atoms with E-state index in [1.54, 1.807) is 4.52 Å². The van der Waals surface area contributed by atoms with Crippen LogP contribution in [0, 0.1) is 13.8 Å². The molecule has 0 radical (unpaired) electrons. The van der Waals surface area contributed by atoms with Gasteiger partial charge >= 0.3 is 0 Å². The molecule has 0 amide bonds. The Hall–Kier alpha value is -2.83. The molecule has 20 heavy (non-hydrogen) atoms. The lowest BCUT2D eigenvalue weighted by Crippen LogP contribution is -2.01. The van der Waals surface area contributed by atoms with Crippen LogP contribution in [0.5, 0.6) is 0 Å². The van der Waals surface area contributed by atoms with Crippen molar-refractivity contribution in [2.45, 2.75) is 13.8 Å². The second-order valence-electron chi connectivity index (χ2n) is 4.76. The number of hydrogen-bond acceptors (Lipinski definition) is 5. The molecule has 4 aromatic rings. The van der Waals surface area contributed by atoms with Crippen LogP contribution in [0.3, 0.4) is 0 Å². The summed E-state index contributed by atoms with van der Waals surface area (Å²) < 4.78 is 3.53. The minimum absolute atomic E-state index is 0.612. The Kier molecular flexibility index (Phi) is 2.11. The first-order valence-electron chi connectivity index (χ1n) is 6.24. The molecule has 1 aromatic carbocycles. The van der Waals surface area contributed by atoms with Crippen molar-refractivity contribution in [3.05, 3.63) is 41.6 Å². The van der Waals surface area contributed by atoms with E-state index in [0.717, 1.165) is 22.7 Å². The quantitative estimate of drug-likeness (QED) is 0.521. The highest BCUT2D eigenvalue weighted by molar-refractivity contribution is 5.63. The summed E-state index contributed by atoms with van der Waals surface area (Å²) in [4.78, 5) is 0. The largest absolute Gasteiger partial charge is 0.261 e. The molecule has 0 fully saturated rings. The molecule has 0 spiro atoms. The minimum atomic E-state index is 0.612. The Morgan fingerprint density at radius 3 is 2.55 bits per heavy atom. The van der Waals surface area contributed by atoms with Crippen LogP contribution < -0.4 is 0 Å². The molecule has 7 nitrogen and oxygen atoms in total. The monoisotopic (exact) mass is 265 g/mol. The summed E-state index contributed by atoms with van der Waals surface area (Å²) in [5.74, 6) is 1.35. The van der Waals surface area contributed by atoms with Gasteiger partial charge in [-0.3, -0.25) is 0 Å². The highest BCUT2D eigenvalue weighted by atomic mass is 15.5. The number of aryl methyl sites for hydroxylation is 2. The Balaban J connectivity index is 2.10. The normalized spacial score (nSPS) is 11.5. The molecule has 3 heterocycles. The molecular formula is C13H11N7. The van der Waals surface area contributed by atoms with Crippen molar-refractivity contribution < 1.29 is 0 Å². The van der Waals surface area contributed by atoms with E-state index in [-0.39, 0.29) is 0 Å². The third kappa shape index (κ3) is 1.43. The number of tetrazole rings is 1. The first-order chi connectivity index (χ1) is 9.74. The second-order valence-corrected chi connectivity index (χ2v) is 4.76. The van der Waals surface area contributed by atoms with E-state index in [0.29, 0.717) is 5.78 Å². The van der Waals surface area contributed by atoms with Crippen LogP contribution in [0.25, 0.3) is 22.8 Å². The number of nitrogens with zero attached hydrogens (tertiary/aromatic N) is 7. The Labute approximate surface area is 113 Å². The molecule has 0 N–H and O–H groups in total. The summed E-state index contributed by atoms with van der Waals surface area (Å²) in [6.45, 7) is 3.99. The fourth-order valence-corrected chi connectivity index (χ4v) is 2.27. The number of benzene rings is 1. The van der Waals surface area contributed by atoms with E-state index < -0.39 is 0 Å². The smallest absolute Gasteiger partial charge is 0.241 e. The molecule has 0 bridgehead atoms. The Bertz CT molecular complexity index is 917. The molecule has 0 saturated heterocycles. The molecule has 0 aliphatic heterocycles. The fourth-order valence-electron chi connectivity index (χ4n) is 2.27. The van der Waals surface area contributed by atoms with E-state index in [1.807, 2.05) is 41.7 Å². The third-order valence-electron chi connectivity index (χ3n) is 3.32. The van der Waals surface area contributed by atoms with Gasteiger partial charge in [0.25, 0.3) is 5.78 Å². The van der Waals surface area contributed by atoms with Crippen LogP contribution in [-0.4, -0.2) is 34.6 Å². The summed E-state index contributed by atoms with van der Waals surface area (Å²) in [5, 5.41) is 20.3. The number of fused-ring (bicyclic) bond motifs is 3. The van der Waals surface area contributed by atoms with Gasteiger partial charge in [0.1, 0.15) is 0 Å². The van der Waals surface area contributed by atoms with Gasteiger partial charge in [0.2, 0.25) is 0 Å². The topological polar surface area (TPSA) is 73.3 Å². The average molecular weight is 265 g/mol. The SMILES string of the molecule is Cc1ccc(-c2nnc3cc(C)n4nnnc4n23)cc1. The maximum atomic E-state index is 4.27. The number of hydrogen-bond donors (Lipinski definition) is 0. The molecule has 0 aliphatic rings. The van der Waals surface area contributed by atoms with Gasteiger partial charge in [-0.15, -0.1) is 10.2 Å². The van der Waals surface area contributed by atoms with Gasteiger partial charge in [-0.25, -0.2) is 4.40 Å². The van der Waals surface area contributed by atoms with Crippen molar-refractivity contribution in [2.24, 2.45) is 0 Å². The summed E-state index contributed by atoms with van der Waals surface area (Å²) >= 11 is 0. The molecule has 0 atom stereocenters. The molecule has 7 heteroatoms. The Morgan fingerprint density at radius 2 is 1.75 bits per heavy atom. The first-order valence-corrected chi connectivity index (χ1v) is 6.24. The van der Waals surface area contributed by atoms with E-state index in [2.05, 4.69) is 32.6 Å². The van der Waals surface area contributed by atoms with Gasteiger partial charge in [0.15, 0.2) is 11.5 Å². The molecule has 0 unspecified atom stereocenters. The van der Waals surface area contributed by atoms with Crippen molar-refractivity contribution in [3.63, 3.8) is 0 Å². The van der Waals surface area contributed by atoms with Crippen LogP contribution in [0.1, 0.15) is 11.3 Å². The lowest BCUT2D eigenvalue weighted by molar-refractivity contribution is 0.799. The molecule has 0 saturated carbocycles. The zero-order valence-corrected chi connectivity index (χ0v) is 11.0. The zero-order chi connectivity index (χ0) is 13.7. The predicted molar refractivity (Wildman–Crippen MR) is 72.2 cm³/mol. The second kappa shape index (κ2) is 3.83. The Morgan fingerprint density at radius 1 is 0.950 bits per heavy atom. The summed E-state index contributed by atoms with van der Waals surface area (Å²) in [7, 11) is 0. The van der Waals surface area contributed by atoms with Gasteiger partial charge < -0.3 is 0 Å². The standard InChI is InChI=1S/C13H11N7/c1-8-3-5-10(6-4-8)12-15-14-11-7-9(2)20-13(19(11)12)16-17-18-20/h3-7H,1-2H3. The maximum Gasteiger partial charge on any atom is 0.261 e. The van der Waals surface area contributed by atoms with Gasteiger partial charge in [0.05, 0.1) is 0 Å². The van der Waals surface area contributed by atoms with Gasteiger partial charge in [-0.1, -0.05) is 34.9 Å². The van der Waals surface area contributed by atoms with Crippen molar-refractivity contribution in [1.82, 2.24) is 34.6 Å². The van der Waals surface area contributed by atoms with E-state index >= 15 is 0 Å². The van der Waals surface area contributed by atoms with Crippen molar-refractivity contribution in [1.29, 1.82) is 0 Å².